The molecule has 0 atom stereocenters. The Labute approximate surface area is 206 Å². The number of carboxylic acids is 1. The van der Waals surface area contributed by atoms with E-state index in [2.05, 4.69) is 41.4 Å². The van der Waals surface area contributed by atoms with Gasteiger partial charge in [0.1, 0.15) is 10.4 Å². The van der Waals surface area contributed by atoms with E-state index in [4.69, 9.17) is 22.1 Å². The lowest BCUT2D eigenvalue weighted by atomic mass is 9.83. The van der Waals surface area contributed by atoms with Crippen LogP contribution in [0, 0.1) is 4.64 Å². The summed E-state index contributed by atoms with van der Waals surface area (Å²) in [4.78, 5) is 26.5. The average Bonchev–Trinajstić information content (AvgIpc) is 3.02. The third-order valence-corrected chi connectivity index (χ3v) is 6.36. The van der Waals surface area contributed by atoms with Gasteiger partial charge in [0.2, 0.25) is 0 Å². The second-order valence-corrected chi connectivity index (χ2v) is 8.73. The van der Waals surface area contributed by atoms with Crippen LogP contribution in [-0.2, 0) is 11.3 Å². The van der Waals surface area contributed by atoms with Crippen molar-refractivity contribution in [2.75, 3.05) is 6.61 Å². The Morgan fingerprint density at radius 2 is 1.60 bits per heavy atom. The van der Waals surface area contributed by atoms with E-state index in [1.807, 2.05) is 36.5 Å². The molecule has 6 nitrogen and oxygen atoms in total. The van der Waals surface area contributed by atoms with Crippen LogP contribution >= 0.6 is 12.2 Å². The molecule has 4 aromatic rings. The van der Waals surface area contributed by atoms with E-state index in [9.17, 15) is 9.59 Å². The Morgan fingerprint density at radius 3 is 2.26 bits per heavy atom. The average molecular weight is 483 g/mol. The lowest BCUT2D eigenvalue weighted by Gasteiger charge is -2.22. The summed E-state index contributed by atoms with van der Waals surface area (Å²) >= 11 is 5.66. The first kappa shape index (κ1) is 22.6. The van der Waals surface area contributed by atoms with Gasteiger partial charge >= 0.3 is 11.7 Å². The number of aliphatic carboxylic acids is 1. The Kier molecular flexibility index (Phi) is 6.16. The van der Waals surface area contributed by atoms with Crippen molar-refractivity contribution in [3.8, 4) is 5.75 Å². The van der Waals surface area contributed by atoms with Crippen molar-refractivity contribution in [3.63, 3.8) is 0 Å². The number of nitrogens with one attached hydrogen (secondary N) is 1. The van der Waals surface area contributed by atoms with E-state index in [1.165, 1.54) is 0 Å². The van der Waals surface area contributed by atoms with E-state index in [1.54, 1.807) is 22.8 Å². The molecule has 0 aliphatic heterocycles. The summed E-state index contributed by atoms with van der Waals surface area (Å²) in [6.07, 6.45) is 6.05. The zero-order valence-electron chi connectivity index (χ0n) is 18.7. The van der Waals surface area contributed by atoms with Gasteiger partial charge in [-0.25, -0.2) is 9.59 Å². The third kappa shape index (κ3) is 4.72. The predicted molar refractivity (Wildman–Crippen MR) is 137 cm³/mol. The predicted octanol–water partition coefficient (Wildman–Crippen LogP) is 5.08. The maximum absolute atomic E-state index is 12.9. The molecule has 5 rings (SSSR count). The van der Waals surface area contributed by atoms with E-state index < -0.39 is 12.6 Å². The molecule has 0 amide bonds. The minimum Gasteiger partial charge on any atom is -0.482 e. The van der Waals surface area contributed by atoms with E-state index >= 15 is 0 Å². The molecule has 0 spiro atoms. The van der Waals surface area contributed by atoms with Crippen LogP contribution in [0.1, 0.15) is 39.3 Å². The monoisotopic (exact) mass is 482 g/mol. The van der Waals surface area contributed by atoms with Crippen LogP contribution in [0.3, 0.4) is 0 Å². The van der Waals surface area contributed by atoms with Crippen molar-refractivity contribution in [1.82, 2.24) is 9.55 Å². The molecule has 3 aromatic carbocycles. The fourth-order valence-electron chi connectivity index (χ4n) is 4.46. The van der Waals surface area contributed by atoms with Gasteiger partial charge in [0, 0.05) is 17.7 Å². The summed E-state index contributed by atoms with van der Waals surface area (Å²) in [5.74, 6) is -0.775. The highest BCUT2D eigenvalue weighted by Crippen LogP contribution is 2.39. The summed E-state index contributed by atoms with van der Waals surface area (Å²) in [5.41, 5.74) is 5.75. The number of ether oxygens (including phenoxy) is 1. The zero-order chi connectivity index (χ0) is 24.4. The number of hydrogen-bond acceptors (Lipinski definition) is 4. The number of nitrogens with zero attached hydrogens (tertiary/aromatic N) is 1. The molecule has 0 radical (unpaired) electrons. The summed E-state index contributed by atoms with van der Waals surface area (Å²) in [6.45, 7) is -0.156. The molecule has 1 aliphatic carbocycles. The van der Waals surface area contributed by atoms with Gasteiger partial charge in [-0.05, 0) is 39.9 Å². The first-order valence-electron chi connectivity index (χ1n) is 11.1. The van der Waals surface area contributed by atoms with Gasteiger partial charge in [-0.15, -0.1) is 0 Å². The summed E-state index contributed by atoms with van der Waals surface area (Å²) < 4.78 is 7.28. The second-order valence-electron chi connectivity index (χ2n) is 8.33. The number of H-pyrrole nitrogens is 1. The van der Waals surface area contributed by atoms with Gasteiger partial charge in [0.15, 0.2) is 6.61 Å². The Balaban J connectivity index is 1.59. The largest absolute Gasteiger partial charge is 0.482 e. The smallest absolute Gasteiger partial charge is 0.341 e. The quantitative estimate of drug-likeness (QED) is 0.330. The molecule has 0 bridgehead atoms. The third-order valence-electron chi connectivity index (χ3n) is 6.02. The SMILES string of the molecule is O=C(O)COc1cccc(Cn2cc(C3c4ccccc4C=Cc4ccccc43)c(=S)[nH]c2=O)c1. The van der Waals surface area contributed by atoms with Gasteiger partial charge in [-0.3, -0.25) is 9.55 Å². The molecule has 35 heavy (non-hydrogen) atoms. The summed E-state index contributed by atoms with van der Waals surface area (Å²) in [6, 6.07) is 23.5. The van der Waals surface area contributed by atoms with E-state index in [-0.39, 0.29) is 18.2 Å². The Morgan fingerprint density at radius 1 is 0.943 bits per heavy atom. The number of rotatable bonds is 6. The lowest BCUT2D eigenvalue weighted by molar-refractivity contribution is -0.139. The van der Waals surface area contributed by atoms with Crippen LogP contribution < -0.4 is 10.4 Å². The highest BCUT2D eigenvalue weighted by molar-refractivity contribution is 7.71. The van der Waals surface area contributed by atoms with Gasteiger partial charge in [0.25, 0.3) is 0 Å². The molecule has 2 N–H and O–H groups in total. The van der Waals surface area contributed by atoms with Crippen molar-refractivity contribution in [2.45, 2.75) is 12.5 Å². The standard InChI is InChI=1S/C28H22N2O4S/c31-25(32)17-34-21-9-5-6-18(14-21)15-30-16-24(27(35)29-28(30)33)26-22-10-3-1-7-19(22)12-13-20-8-2-4-11-23(20)26/h1-14,16,26H,15,17H2,(H,31,32)(H,29,33,35). The van der Waals surface area contributed by atoms with Gasteiger partial charge in [-0.2, -0.15) is 0 Å². The van der Waals surface area contributed by atoms with Crippen LogP contribution in [0.15, 0.2) is 83.8 Å². The maximum Gasteiger partial charge on any atom is 0.341 e. The fraction of sp³-hybridized carbons (Fsp3) is 0.107. The molecule has 174 valence electrons. The van der Waals surface area contributed by atoms with Gasteiger partial charge < -0.3 is 9.84 Å². The summed E-state index contributed by atoms with van der Waals surface area (Å²) in [7, 11) is 0. The Bertz CT molecular complexity index is 1520. The second kappa shape index (κ2) is 9.56. The van der Waals surface area contributed by atoms with Crippen LogP contribution in [0.4, 0.5) is 0 Å². The zero-order valence-corrected chi connectivity index (χ0v) is 19.5. The molecule has 1 aliphatic rings. The highest BCUT2D eigenvalue weighted by atomic mass is 32.1. The molecule has 1 aromatic heterocycles. The van der Waals surface area contributed by atoms with Crippen LogP contribution in [0.25, 0.3) is 12.2 Å². The molecular weight excluding hydrogens is 460 g/mol. The number of hydrogen-bond donors (Lipinski definition) is 2. The van der Waals surface area contributed by atoms with Crippen molar-refractivity contribution >= 4 is 30.3 Å². The van der Waals surface area contributed by atoms with Gasteiger partial charge in [-0.1, -0.05) is 85.0 Å². The molecule has 1 heterocycles. The lowest BCUT2D eigenvalue weighted by Crippen LogP contribution is -2.25. The van der Waals surface area contributed by atoms with Gasteiger partial charge in [0.05, 0.1) is 6.54 Å². The van der Waals surface area contributed by atoms with Crippen molar-refractivity contribution in [3.05, 3.63) is 127 Å². The normalized spacial score (nSPS) is 12.5. The minimum absolute atomic E-state index is 0.154. The number of fused-ring (bicyclic) bond motifs is 2. The molecular formula is C28H22N2O4S. The Hall–Kier alpha value is -4.23. The highest BCUT2D eigenvalue weighted by Gasteiger charge is 2.25. The van der Waals surface area contributed by atoms with E-state index in [0.29, 0.717) is 10.4 Å². The van der Waals surface area contributed by atoms with Crippen molar-refractivity contribution in [2.24, 2.45) is 0 Å². The maximum atomic E-state index is 12.9. The van der Waals surface area contributed by atoms with Crippen LogP contribution in [0.5, 0.6) is 5.75 Å². The summed E-state index contributed by atoms with van der Waals surface area (Å²) in [5, 5.41) is 8.87. The molecule has 7 heteroatoms. The van der Waals surface area contributed by atoms with Crippen molar-refractivity contribution in [1.29, 1.82) is 0 Å². The number of benzene rings is 3. The van der Waals surface area contributed by atoms with Crippen LogP contribution in [0.2, 0.25) is 0 Å². The molecule has 0 fully saturated rings. The number of aromatic amines is 1. The first-order chi connectivity index (χ1) is 17.0. The molecule has 0 saturated carbocycles. The molecule has 0 saturated heterocycles. The van der Waals surface area contributed by atoms with Crippen LogP contribution in [-0.4, -0.2) is 27.2 Å². The fourth-order valence-corrected chi connectivity index (χ4v) is 4.72. The number of carboxylic acid groups (broad SMARTS) is 1. The van der Waals surface area contributed by atoms with E-state index in [0.717, 1.165) is 33.4 Å². The minimum atomic E-state index is -1.05. The first-order valence-corrected chi connectivity index (χ1v) is 11.5. The molecule has 0 unspecified atom stereocenters. The topological polar surface area (TPSA) is 84.3 Å². The number of carbonyl (C=O) groups is 1. The number of aromatic nitrogens is 2. The van der Waals surface area contributed by atoms with Crippen molar-refractivity contribution < 1.29 is 14.6 Å².